The fourth-order valence-electron chi connectivity index (χ4n) is 0.944. The summed E-state index contributed by atoms with van der Waals surface area (Å²) < 4.78 is 12.8. The molecule has 0 spiro atoms. The van der Waals surface area contributed by atoms with Crippen molar-refractivity contribution < 1.29 is 4.39 Å². The van der Waals surface area contributed by atoms with Crippen LogP contribution in [0.5, 0.6) is 0 Å². The average Bonchev–Trinajstić information content (AvgIpc) is 1.98. The molecular formula is C9H10FI. The lowest BCUT2D eigenvalue weighted by molar-refractivity contribution is 0.414. The van der Waals surface area contributed by atoms with E-state index in [2.05, 4.69) is 22.6 Å². The van der Waals surface area contributed by atoms with Gasteiger partial charge in [0, 0.05) is 0 Å². The molecule has 11 heavy (non-hydrogen) atoms. The molecule has 0 bridgehead atoms. The summed E-state index contributed by atoms with van der Waals surface area (Å²) in [6.45, 7) is 1.96. The normalized spacial score (nSPS) is 31.0. The van der Waals surface area contributed by atoms with Crippen molar-refractivity contribution >= 4 is 22.6 Å². The molecule has 0 radical (unpaired) electrons. The van der Waals surface area contributed by atoms with E-state index in [9.17, 15) is 4.39 Å². The molecule has 0 aromatic rings. The topological polar surface area (TPSA) is 0 Å². The van der Waals surface area contributed by atoms with Gasteiger partial charge in [-0.2, -0.15) is 0 Å². The number of hydrogen-bond donors (Lipinski definition) is 0. The van der Waals surface area contributed by atoms with E-state index >= 15 is 0 Å². The zero-order valence-electron chi connectivity index (χ0n) is 6.30. The Morgan fingerprint density at radius 1 is 1.64 bits per heavy atom. The quantitative estimate of drug-likeness (QED) is 0.504. The number of allylic oxidation sites excluding steroid dienone is 6. The minimum absolute atomic E-state index is 0.0104. The number of rotatable bonds is 1. The minimum Gasteiger partial charge on any atom is -0.241 e. The van der Waals surface area contributed by atoms with Gasteiger partial charge in [0.25, 0.3) is 0 Å². The van der Waals surface area contributed by atoms with Gasteiger partial charge in [-0.05, 0) is 18.6 Å². The van der Waals surface area contributed by atoms with Crippen LogP contribution < -0.4 is 0 Å². The Labute approximate surface area is 80.0 Å². The van der Waals surface area contributed by atoms with Gasteiger partial charge >= 0.3 is 0 Å². The average molecular weight is 264 g/mol. The molecule has 0 aromatic carbocycles. The Kier molecular flexibility index (Phi) is 3.30. The van der Waals surface area contributed by atoms with Crippen molar-refractivity contribution in [3.8, 4) is 0 Å². The van der Waals surface area contributed by atoms with Crippen LogP contribution >= 0.6 is 22.6 Å². The molecule has 0 nitrogen and oxygen atoms in total. The van der Waals surface area contributed by atoms with Gasteiger partial charge in [0.15, 0.2) is 0 Å². The lowest BCUT2D eigenvalue weighted by Crippen LogP contribution is -2.13. The first-order valence-corrected chi connectivity index (χ1v) is 4.79. The van der Waals surface area contributed by atoms with E-state index in [0.29, 0.717) is 0 Å². The predicted molar refractivity (Wildman–Crippen MR) is 54.7 cm³/mol. The van der Waals surface area contributed by atoms with Crippen LogP contribution in [0.4, 0.5) is 4.39 Å². The summed E-state index contributed by atoms with van der Waals surface area (Å²) in [4.78, 5) is 0. The largest absolute Gasteiger partial charge is 0.241 e. The van der Waals surface area contributed by atoms with Crippen LogP contribution in [0.15, 0.2) is 36.0 Å². The van der Waals surface area contributed by atoms with Crippen LogP contribution in [0, 0.1) is 0 Å². The summed E-state index contributed by atoms with van der Waals surface area (Å²) in [5.41, 5.74) is 1.10. The molecule has 1 unspecified atom stereocenters. The van der Waals surface area contributed by atoms with Crippen LogP contribution in [0.1, 0.15) is 6.92 Å². The second kappa shape index (κ2) is 4.04. The molecule has 0 heterocycles. The summed E-state index contributed by atoms with van der Waals surface area (Å²) in [6, 6.07) is 0. The van der Waals surface area contributed by atoms with Crippen molar-refractivity contribution in [2.75, 3.05) is 0 Å². The third kappa shape index (κ3) is 2.43. The molecule has 1 aliphatic rings. The molecule has 2 heteroatoms. The van der Waals surface area contributed by atoms with Gasteiger partial charge in [0.1, 0.15) is 6.17 Å². The van der Waals surface area contributed by atoms with Gasteiger partial charge in [-0.3, -0.25) is 0 Å². The maximum absolute atomic E-state index is 12.8. The van der Waals surface area contributed by atoms with Gasteiger partial charge in [-0.1, -0.05) is 46.9 Å². The molecule has 0 saturated carbocycles. The highest BCUT2D eigenvalue weighted by molar-refractivity contribution is 14.1. The van der Waals surface area contributed by atoms with Gasteiger partial charge in [0.05, 0.1) is 3.92 Å². The molecule has 2 atom stereocenters. The second-order valence-electron chi connectivity index (χ2n) is 2.41. The fourth-order valence-corrected chi connectivity index (χ4v) is 1.60. The van der Waals surface area contributed by atoms with Crippen LogP contribution in [-0.4, -0.2) is 10.1 Å². The third-order valence-corrected chi connectivity index (χ3v) is 2.53. The number of halogens is 2. The Hall–Kier alpha value is -0.120. The van der Waals surface area contributed by atoms with Crippen molar-refractivity contribution in [3.63, 3.8) is 0 Å². The maximum atomic E-state index is 12.8. The maximum Gasteiger partial charge on any atom is 0.134 e. The summed E-state index contributed by atoms with van der Waals surface area (Å²) in [5.74, 6) is 0. The van der Waals surface area contributed by atoms with E-state index in [4.69, 9.17) is 0 Å². The summed E-state index contributed by atoms with van der Waals surface area (Å²) in [7, 11) is 0. The Morgan fingerprint density at radius 3 is 2.91 bits per heavy atom. The van der Waals surface area contributed by atoms with Gasteiger partial charge in [0.2, 0.25) is 0 Å². The van der Waals surface area contributed by atoms with Crippen molar-refractivity contribution in [1.82, 2.24) is 0 Å². The van der Waals surface area contributed by atoms with Crippen LogP contribution in [-0.2, 0) is 0 Å². The molecule has 60 valence electrons. The van der Waals surface area contributed by atoms with E-state index in [1.165, 1.54) is 0 Å². The molecule has 0 fully saturated rings. The first-order chi connectivity index (χ1) is 5.24. The molecule has 0 aliphatic heterocycles. The first-order valence-electron chi connectivity index (χ1n) is 3.55. The zero-order valence-corrected chi connectivity index (χ0v) is 8.45. The van der Waals surface area contributed by atoms with E-state index in [1.54, 1.807) is 6.08 Å². The lowest BCUT2D eigenvalue weighted by Gasteiger charge is -2.12. The van der Waals surface area contributed by atoms with Crippen molar-refractivity contribution in [1.29, 1.82) is 0 Å². The van der Waals surface area contributed by atoms with Crippen molar-refractivity contribution in [3.05, 3.63) is 36.0 Å². The minimum atomic E-state index is -0.815. The Morgan fingerprint density at radius 2 is 2.36 bits per heavy atom. The van der Waals surface area contributed by atoms with Crippen molar-refractivity contribution in [2.45, 2.75) is 17.0 Å². The molecule has 1 rings (SSSR count). The van der Waals surface area contributed by atoms with Crippen LogP contribution in [0.2, 0.25) is 0 Å². The lowest BCUT2D eigenvalue weighted by atomic mass is 10.1. The molecular weight excluding hydrogens is 254 g/mol. The monoisotopic (exact) mass is 264 g/mol. The van der Waals surface area contributed by atoms with E-state index in [-0.39, 0.29) is 3.92 Å². The summed E-state index contributed by atoms with van der Waals surface area (Å²) in [5, 5.41) is 0. The first kappa shape index (κ1) is 8.97. The highest BCUT2D eigenvalue weighted by Crippen LogP contribution is 2.21. The predicted octanol–water partition coefficient (Wildman–Crippen LogP) is 3.20. The van der Waals surface area contributed by atoms with Crippen LogP contribution in [0.3, 0.4) is 0 Å². The zero-order chi connectivity index (χ0) is 8.27. The van der Waals surface area contributed by atoms with Gasteiger partial charge < -0.3 is 0 Å². The highest BCUT2D eigenvalue weighted by Gasteiger charge is 2.15. The highest BCUT2D eigenvalue weighted by atomic mass is 127. The molecule has 0 aromatic heterocycles. The van der Waals surface area contributed by atoms with Crippen molar-refractivity contribution in [2.24, 2.45) is 0 Å². The Bertz CT molecular complexity index is 216. The van der Waals surface area contributed by atoms with Gasteiger partial charge in [-0.15, -0.1) is 0 Å². The van der Waals surface area contributed by atoms with E-state index < -0.39 is 6.17 Å². The van der Waals surface area contributed by atoms with E-state index in [0.717, 1.165) is 5.57 Å². The standard InChI is InChI=1S/C9H10FI/c1-2-3-7-4-5-8(10)9(11)6-7/h2-6,8-9H,1H3/b3-2-/t8?,9-/m0/s1. The van der Waals surface area contributed by atoms with E-state index in [1.807, 2.05) is 31.2 Å². The SMILES string of the molecule is C/C=C\C1=C[C@H](I)C(F)C=C1. The van der Waals surface area contributed by atoms with Gasteiger partial charge in [-0.25, -0.2) is 4.39 Å². The summed E-state index contributed by atoms with van der Waals surface area (Å²) >= 11 is 2.10. The third-order valence-electron chi connectivity index (χ3n) is 1.49. The second-order valence-corrected chi connectivity index (χ2v) is 3.85. The Balaban J connectivity index is 2.72. The molecule has 0 N–H and O–H groups in total. The molecule has 0 saturated heterocycles. The number of alkyl halides is 2. The molecule has 1 aliphatic carbocycles. The fraction of sp³-hybridized carbons (Fsp3) is 0.333. The smallest absolute Gasteiger partial charge is 0.134 e. The molecule has 0 amide bonds. The number of hydrogen-bond acceptors (Lipinski definition) is 0. The van der Waals surface area contributed by atoms with Crippen LogP contribution in [0.25, 0.3) is 0 Å². The summed E-state index contributed by atoms with van der Waals surface area (Å²) in [6.07, 6.45) is 8.48.